The van der Waals surface area contributed by atoms with E-state index in [1.807, 2.05) is 48.7 Å². The predicted octanol–water partition coefficient (Wildman–Crippen LogP) is 5.34. The molecule has 2 aromatic carbocycles. The number of H-pyrrole nitrogens is 1. The molecule has 0 atom stereocenters. The van der Waals surface area contributed by atoms with E-state index in [1.54, 1.807) is 0 Å². The van der Waals surface area contributed by atoms with E-state index in [-0.39, 0.29) is 12.4 Å². The lowest BCUT2D eigenvalue weighted by Crippen LogP contribution is -1.96. The second-order valence-electron chi connectivity index (χ2n) is 5.24. The number of halogens is 1. The number of imidazole rings is 1. The van der Waals surface area contributed by atoms with E-state index in [1.165, 1.54) is 0 Å². The molecule has 23 heavy (non-hydrogen) atoms. The van der Waals surface area contributed by atoms with E-state index in [4.69, 9.17) is 4.74 Å². The maximum atomic E-state index is 5.77. The molecule has 0 spiro atoms. The number of nitrogens with one attached hydrogen (secondary N) is 1. The van der Waals surface area contributed by atoms with Crippen LogP contribution in [0, 0.1) is 0 Å². The summed E-state index contributed by atoms with van der Waals surface area (Å²) in [5.74, 6) is 1.79. The molecular formula is C19H21ClN2O. The normalized spacial score (nSPS) is 10.1. The van der Waals surface area contributed by atoms with Crippen LogP contribution in [0.25, 0.3) is 22.6 Å². The number of hydrogen-bond acceptors (Lipinski definition) is 2. The number of unbranched alkanes of at least 4 members (excludes halogenated alkanes) is 1. The van der Waals surface area contributed by atoms with Crippen molar-refractivity contribution in [2.45, 2.75) is 19.8 Å². The van der Waals surface area contributed by atoms with Gasteiger partial charge in [0, 0.05) is 11.1 Å². The molecule has 1 N–H and O–H groups in total. The molecule has 4 heteroatoms. The fraction of sp³-hybridized carbons (Fsp3) is 0.211. The molecule has 3 aromatic rings. The maximum Gasteiger partial charge on any atom is 0.137 e. The summed E-state index contributed by atoms with van der Waals surface area (Å²) < 4.78 is 5.77. The summed E-state index contributed by atoms with van der Waals surface area (Å²) >= 11 is 0. The van der Waals surface area contributed by atoms with Crippen LogP contribution in [-0.2, 0) is 0 Å². The smallest absolute Gasteiger partial charge is 0.137 e. The summed E-state index contributed by atoms with van der Waals surface area (Å²) in [5.41, 5.74) is 3.17. The van der Waals surface area contributed by atoms with Gasteiger partial charge >= 0.3 is 0 Å². The number of aromatic nitrogens is 2. The third-order valence-corrected chi connectivity index (χ3v) is 3.53. The van der Waals surface area contributed by atoms with Gasteiger partial charge in [-0.1, -0.05) is 55.8 Å². The standard InChI is InChI=1S/C19H20N2O.ClH/c1-2-3-12-22-17-11-7-10-16(13-17)18-14-20-19(21-18)15-8-5-4-6-9-15;/h4-11,13-14H,2-3,12H2,1H3,(H,20,21);1H. The molecule has 0 radical (unpaired) electrons. The van der Waals surface area contributed by atoms with E-state index in [0.29, 0.717) is 0 Å². The highest BCUT2D eigenvalue weighted by atomic mass is 35.5. The fourth-order valence-corrected chi connectivity index (χ4v) is 2.30. The van der Waals surface area contributed by atoms with Crippen molar-refractivity contribution >= 4 is 12.4 Å². The van der Waals surface area contributed by atoms with Crippen LogP contribution in [0.1, 0.15) is 19.8 Å². The van der Waals surface area contributed by atoms with Gasteiger partial charge in [0.05, 0.1) is 18.5 Å². The first-order valence-electron chi connectivity index (χ1n) is 7.70. The van der Waals surface area contributed by atoms with Crippen LogP contribution in [0.3, 0.4) is 0 Å². The molecule has 0 saturated carbocycles. The van der Waals surface area contributed by atoms with Crippen LogP contribution in [0.5, 0.6) is 5.75 Å². The summed E-state index contributed by atoms with van der Waals surface area (Å²) in [4.78, 5) is 7.85. The topological polar surface area (TPSA) is 37.9 Å². The van der Waals surface area contributed by atoms with Crippen LogP contribution < -0.4 is 4.74 Å². The highest BCUT2D eigenvalue weighted by Crippen LogP contribution is 2.25. The van der Waals surface area contributed by atoms with Crippen molar-refractivity contribution < 1.29 is 4.74 Å². The number of ether oxygens (including phenoxy) is 1. The van der Waals surface area contributed by atoms with Crippen LogP contribution in [0.15, 0.2) is 60.8 Å². The van der Waals surface area contributed by atoms with Crippen molar-refractivity contribution in [2.24, 2.45) is 0 Å². The summed E-state index contributed by atoms with van der Waals surface area (Å²) in [7, 11) is 0. The van der Waals surface area contributed by atoms with E-state index < -0.39 is 0 Å². The van der Waals surface area contributed by atoms with Crippen molar-refractivity contribution in [1.29, 1.82) is 0 Å². The highest BCUT2D eigenvalue weighted by molar-refractivity contribution is 5.85. The monoisotopic (exact) mass is 328 g/mol. The Labute approximate surface area is 143 Å². The number of rotatable bonds is 6. The third-order valence-electron chi connectivity index (χ3n) is 3.53. The second kappa shape index (κ2) is 8.39. The largest absolute Gasteiger partial charge is 0.494 e. The van der Waals surface area contributed by atoms with Crippen LogP contribution in [-0.4, -0.2) is 16.6 Å². The van der Waals surface area contributed by atoms with Gasteiger partial charge in [0.25, 0.3) is 0 Å². The quantitative estimate of drug-likeness (QED) is 0.620. The minimum Gasteiger partial charge on any atom is -0.494 e. The molecule has 0 bridgehead atoms. The Morgan fingerprint density at radius 1 is 1.00 bits per heavy atom. The molecule has 0 amide bonds. The average Bonchev–Trinajstić information content (AvgIpc) is 3.06. The first-order chi connectivity index (χ1) is 10.9. The summed E-state index contributed by atoms with van der Waals surface area (Å²) in [6.45, 7) is 2.92. The fourth-order valence-electron chi connectivity index (χ4n) is 2.30. The molecule has 0 unspecified atom stereocenters. The first kappa shape index (κ1) is 17.1. The van der Waals surface area contributed by atoms with Gasteiger partial charge in [0.2, 0.25) is 0 Å². The van der Waals surface area contributed by atoms with Crippen molar-refractivity contribution in [2.75, 3.05) is 6.61 Å². The maximum absolute atomic E-state index is 5.77. The Hall–Kier alpha value is -2.26. The number of nitrogens with zero attached hydrogens (tertiary/aromatic N) is 1. The van der Waals surface area contributed by atoms with E-state index >= 15 is 0 Å². The molecule has 1 heterocycles. The lowest BCUT2D eigenvalue weighted by Gasteiger charge is -2.06. The van der Waals surface area contributed by atoms with Gasteiger partial charge in [0.15, 0.2) is 0 Å². The molecule has 1 aromatic heterocycles. The Morgan fingerprint density at radius 2 is 1.78 bits per heavy atom. The molecule has 3 nitrogen and oxygen atoms in total. The lowest BCUT2D eigenvalue weighted by atomic mass is 10.1. The molecule has 120 valence electrons. The Balaban J connectivity index is 0.00000192. The Morgan fingerprint density at radius 3 is 2.57 bits per heavy atom. The Kier molecular flexibility index (Phi) is 6.24. The second-order valence-corrected chi connectivity index (χ2v) is 5.24. The molecule has 0 fully saturated rings. The van der Waals surface area contributed by atoms with Crippen molar-refractivity contribution in [3.05, 3.63) is 60.8 Å². The van der Waals surface area contributed by atoms with Crippen molar-refractivity contribution in [3.8, 4) is 28.4 Å². The zero-order chi connectivity index (χ0) is 15.2. The number of benzene rings is 2. The van der Waals surface area contributed by atoms with Crippen LogP contribution >= 0.6 is 12.4 Å². The van der Waals surface area contributed by atoms with Crippen molar-refractivity contribution in [1.82, 2.24) is 9.97 Å². The average molecular weight is 329 g/mol. The summed E-state index contributed by atoms with van der Waals surface area (Å²) in [6.07, 6.45) is 4.08. The molecule has 3 rings (SSSR count). The Bertz CT molecular complexity index is 725. The van der Waals surface area contributed by atoms with Crippen LogP contribution in [0.4, 0.5) is 0 Å². The van der Waals surface area contributed by atoms with E-state index in [2.05, 4.69) is 29.0 Å². The molecule has 0 aliphatic heterocycles. The minimum absolute atomic E-state index is 0. The van der Waals surface area contributed by atoms with Crippen LogP contribution in [0.2, 0.25) is 0 Å². The molecule has 0 aliphatic carbocycles. The molecular weight excluding hydrogens is 308 g/mol. The van der Waals surface area contributed by atoms with E-state index in [9.17, 15) is 0 Å². The summed E-state index contributed by atoms with van der Waals surface area (Å²) in [5, 5.41) is 0. The van der Waals surface area contributed by atoms with Gasteiger partial charge in [-0.25, -0.2) is 4.98 Å². The van der Waals surface area contributed by atoms with Gasteiger partial charge < -0.3 is 9.72 Å². The van der Waals surface area contributed by atoms with E-state index in [0.717, 1.165) is 47.8 Å². The minimum atomic E-state index is 0. The highest BCUT2D eigenvalue weighted by Gasteiger charge is 2.06. The van der Waals surface area contributed by atoms with Gasteiger partial charge in [0.1, 0.15) is 11.6 Å². The molecule has 0 saturated heterocycles. The SMILES string of the molecule is CCCCOc1cccc(-c2cnc(-c3ccccc3)[nH]2)c1.Cl. The first-order valence-corrected chi connectivity index (χ1v) is 7.70. The zero-order valence-corrected chi connectivity index (χ0v) is 14.0. The summed E-state index contributed by atoms with van der Waals surface area (Å²) in [6, 6.07) is 18.3. The van der Waals surface area contributed by atoms with Gasteiger partial charge in [-0.2, -0.15) is 0 Å². The molecule has 0 aliphatic rings. The third kappa shape index (κ3) is 4.36. The van der Waals surface area contributed by atoms with Crippen molar-refractivity contribution in [3.63, 3.8) is 0 Å². The van der Waals surface area contributed by atoms with Gasteiger partial charge in [-0.3, -0.25) is 0 Å². The number of hydrogen-bond donors (Lipinski definition) is 1. The number of aromatic amines is 1. The lowest BCUT2D eigenvalue weighted by molar-refractivity contribution is 0.309. The predicted molar refractivity (Wildman–Crippen MR) is 97.1 cm³/mol. The van der Waals surface area contributed by atoms with Gasteiger partial charge in [-0.05, 0) is 18.6 Å². The zero-order valence-electron chi connectivity index (χ0n) is 13.2. The van der Waals surface area contributed by atoms with Gasteiger partial charge in [-0.15, -0.1) is 12.4 Å².